The molecule has 0 radical (unpaired) electrons. The molecule has 27 heavy (non-hydrogen) atoms. The van der Waals surface area contributed by atoms with Crippen LogP contribution >= 0.6 is 0 Å². The van der Waals surface area contributed by atoms with Crippen molar-refractivity contribution in [2.45, 2.75) is 50.5 Å². The van der Waals surface area contributed by atoms with Gasteiger partial charge in [-0.25, -0.2) is 9.37 Å². The first-order chi connectivity index (χ1) is 13.2. The van der Waals surface area contributed by atoms with Gasteiger partial charge in [0.15, 0.2) is 0 Å². The number of aromatic nitrogens is 1. The highest BCUT2D eigenvalue weighted by Gasteiger charge is 2.45. The Labute approximate surface area is 159 Å². The van der Waals surface area contributed by atoms with E-state index in [1.165, 1.54) is 31.4 Å². The van der Waals surface area contributed by atoms with Crippen molar-refractivity contribution in [2.75, 3.05) is 18.0 Å². The second-order valence-electron chi connectivity index (χ2n) is 7.70. The topological polar surface area (TPSA) is 45.2 Å². The van der Waals surface area contributed by atoms with Crippen LogP contribution in [0.25, 0.3) is 0 Å². The maximum Gasteiger partial charge on any atom is 0.230 e. The van der Waals surface area contributed by atoms with E-state index in [1.807, 2.05) is 18.3 Å². The smallest absolute Gasteiger partial charge is 0.230 e. The van der Waals surface area contributed by atoms with Crippen molar-refractivity contribution in [3.8, 4) is 0 Å². The second-order valence-corrected chi connectivity index (χ2v) is 7.70. The molecular weight excluding hydrogens is 341 g/mol. The molecule has 1 aromatic carbocycles. The molecular formula is C22H26FN3O. The zero-order chi connectivity index (χ0) is 18.7. The minimum atomic E-state index is -0.579. The molecule has 1 aromatic heterocycles. The van der Waals surface area contributed by atoms with E-state index in [9.17, 15) is 9.18 Å². The number of pyridine rings is 1. The van der Waals surface area contributed by atoms with Crippen molar-refractivity contribution in [3.63, 3.8) is 0 Å². The average Bonchev–Trinajstić information content (AvgIpc) is 2.67. The number of nitrogens with zero attached hydrogens (tertiary/aromatic N) is 2. The molecule has 142 valence electrons. The number of rotatable bonds is 5. The molecule has 2 aliphatic rings. The van der Waals surface area contributed by atoms with Gasteiger partial charge < -0.3 is 10.2 Å². The Morgan fingerprint density at radius 3 is 2.63 bits per heavy atom. The third kappa shape index (κ3) is 3.68. The van der Waals surface area contributed by atoms with Crippen molar-refractivity contribution in [2.24, 2.45) is 0 Å². The number of nitrogens with one attached hydrogen (secondary N) is 1. The fourth-order valence-electron chi connectivity index (χ4n) is 4.18. The normalized spacial score (nSPS) is 18.6. The van der Waals surface area contributed by atoms with E-state index in [2.05, 4.69) is 21.3 Å². The van der Waals surface area contributed by atoms with Gasteiger partial charge in [0.2, 0.25) is 5.91 Å². The largest absolute Gasteiger partial charge is 0.357 e. The monoisotopic (exact) mass is 367 g/mol. The lowest BCUT2D eigenvalue weighted by molar-refractivity contribution is -0.130. The summed E-state index contributed by atoms with van der Waals surface area (Å²) < 4.78 is 13.7. The quantitative estimate of drug-likeness (QED) is 0.870. The molecule has 1 aliphatic heterocycles. The zero-order valence-electron chi connectivity index (χ0n) is 15.6. The van der Waals surface area contributed by atoms with E-state index >= 15 is 0 Å². The summed E-state index contributed by atoms with van der Waals surface area (Å²) >= 11 is 0. The summed E-state index contributed by atoms with van der Waals surface area (Å²) in [6.07, 6.45) is 8.07. The molecule has 1 saturated heterocycles. The Hall–Kier alpha value is -2.43. The van der Waals surface area contributed by atoms with Crippen LogP contribution in [0.15, 0.2) is 42.6 Å². The Bertz CT molecular complexity index is 813. The van der Waals surface area contributed by atoms with Crippen LogP contribution in [-0.4, -0.2) is 24.0 Å². The van der Waals surface area contributed by atoms with E-state index < -0.39 is 5.41 Å². The van der Waals surface area contributed by atoms with Crippen LogP contribution in [0.3, 0.4) is 0 Å². The number of carbonyl (C=O) groups excluding carboxylic acids is 1. The first-order valence-corrected chi connectivity index (χ1v) is 9.92. The van der Waals surface area contributed by atoms with Crippen LogP contribution < -0.4 is 10.2 Å². The zero-order valence-corrected chi connectivity index (χ0v) is 15.6. The van der Waals surface area contributed by atoms with Gasteiger partial charge in [0.25, 0.3) is 0 Å². The van der Waals surface area contributed by atoms with Gasteiger partial charge in [-0.2, -0.15) is 0 Å². The van der Waals surface area contributed by atoms with Crippen molar-refractivity contribution in [3.05, 3.63) is 59.5 Å². The lowest BCUT2D eigenvalue weighted by Crippen LogP contribution is -2.49. The Morgan fingerprint density at radius 1 is 1.11 bits per heavy atom. The van der Waals surface area contributed by atoms with Gasteiger partial charge in [-0.05, 0) is 67.5 Å². The van der Waals surface area contributed by atoms with Gasteiger partial charge in [0.05, 0.1) is 5.41 Å². The lowest BCUT2D eigenvalue weighted by Gasteiger charge is -2.40. The summed E-state index contributed by atoms with van der Waals surface area (Å²) in [5, 5.41) is 3.08. The highest BCUT2D eigenvalue weighted by Crippen LogP contribution is 2.44. The predicted octanol–water partition coefficient (Wildman–Crippen LogP) is 3.95. The first kappa shape index (κ1) is 18.0. The summed E-state index contributed by atoms with van der Waals surface area (Å²) in [7, 11) is 0. The minimum absolute atomic E-state index is 0.00400. The van der Waals surface area contributed by atoms with Crippen molar-refractivity contribution < 1.29 is 9.18 Å². The van der Waals surface area contributed by atoms with E-state index in [1.54, 1.807) is 6.07 Å². The molecule has 4 nitrogen and oxygen atoms in total. The van der Waals surface area contributed by atoms with Crippen LogP contribution in [0.1, 0.15) is 49.7 Å². The van der Waals surface area contributed by atoms with Crippen LogP contribution in [0.5, 0.6) is 0 Å². The first-order valence-electron chi connectivity index (χ1n) is 9.92. The highest BCUT2D eigenvalue weighted by molar-refractivity contribution is 5.89. The number of hydrogen-bond donors (Lipinski definition) is 1. The van der Waals surface area contributed by atoms with E-state index in [0.717, 1.165) is 49.3 Å². The standard InChI is InChI=1S/C22H26FN3O/c23-19-7-4-6-18(15-19)22(9-5-10-22)21(27)25-16-17-8-11-24-20(14-17)26-12-2-1-3-13-26/h4,6-8,11,14-15H,1-3,5,9-10,12-13,16H2,(H,25,27). The molecule has 0 bridgehead atoms. The second kappa shape index (κ2) is 7.67. The number of benzene rings is 1. The molecule has 0 unspecified atom stereocenters. The third-order valence-electron chi connectivity index (χ3n) is 5.96. The van der Waals surface area contributed by atoms with E-state index in [4.69, 9.17) is 0 Å². The summed E-state index contributed by atoms with van der Waals surface area (Å²) in [5.74, 6) is 0.701. The van der Waals surface area contributed by atoms with Crippen LogP contribution in [0.2, 0.25) is 0 Å². The minimum Gasteiger partial charge on any atom is -0.357 e. The predicted molar refractivity (Wildman–Crippen MR) is 104 cm³/mol. The molecule has 4 rings (SSSR count). The van der Waals surface area contributed by atoms with Crippen LogP contribution in [-0.2, 0) is 16.8 Å². The molecule has 1 saturated carbocycles. The van der Waals surface area contributed by atoms with E-state index in [0.29, 0.717) is 6.54 Å². The van der Waals surface area contributed by atoms with Gasteiger partial charge in [-0.3, -0.25) is 4.79 Å². The Balaban J connectivity index is 1.44. The molecule has 2 aromatic rings. The van der Waals surface area contributed by atoms with Crippen LogP contribution in [0, 0.1) is 5.82 Å². The summed E-state index contributed by atoms with van der Waals surface area (Å²) in [5.41, 5.74) is 1.26. The van der Waals surface area contributed by atoms with Crippen molar-refractivity contribution in [1.82, 2.24) is 10.3 Å². The molecule has 1 aliphatic carbocycles. The summed E-state index contributed by atoms with van der Waals surface area (Å²) in [6.45, 7) is 2.57. The van der Waals surface area contributed by atoms with Gasteiger partial charge >= 0.3 is 0 Å². The number of anilines is 1. The fourth-order valence-corrected chi connectivity index (χ4v) is 4.18. The molecule has 1 N–H and O–H groups in total. The van der Waals surface area contributed by atoms with Crippen molar-refractivity contribution >= 4 is 11.7 Å². The molecule has 1 amide bonds. The molecule has 0 atom stereocenters. The van der Waals surface area contributed by atoms with Gasteiger partial charge in [0, 0.05) is 25.8 Å². The van der Waals surface area contributed by atoms with Gasteiger partial charge in [0.1, 0.15) is 11.6 Å². The van der Waals surface area contributed by atoms with Gasteiger partial charge in [-0.1, -0.05) is 18.6 Å². The fraction of sp³-hybridized carbons (Fsp3) is 0.455. The average molecular weight is 367 g/mol. The van der Waals surface area contributed by atoms with Crippen molar-refractivity contribution in [1.29, 1.82) is 0 Å². The highest BCUT2D eigenvalue weighted by atomic mass is 19.1. The van der Waals surface area contributed by atoms with E-state index in [-0.39, 0.29) is 11.7 Å². The summed E-state index contributed by atoms with van der Waals surface area (Å²) in [6, 6.07) is 10.5. The molecule has 2 fully saturated rings. The number of amides is 1. The summed E-state index contributed by atoms with van der Waals surface area (Å²) in [4.78, 5) is 19.8. The maximum atomic E-state index is 13.7. The maximum absolute atomic E-state index is 13.7. The Kier molecular flexibility index (Phi) is 5.10. The van der Waals surface area contributed by atoms with Crippen LogP contribution in [0.4, 0.5) is 10.2 Å². The Morgan fingerprint density at radius 2 is 1.93 bits per heavy atom. The number of halogens is 1. The third-order valence-corrected chi connectivity index (χ3v) is 5.96. The molecule has 0 spiro atoms. The number of hydrogen-bond acceptors (Lipinski definition) is 3. The SMILES string of the molecule is O=C(NCc1ccnc(N2CCCCC2)c1)C1(c2cccc(F)c2)CCC1. The number of carbonyl (C=O) groups is 1. The lowest BCUT2D eigenvalue weighted by atomic mass is 9.64. The number of piperidine rings is 1. The molecule has 2 heterocycles. The molecule has 5 heteroatoms. The van der Waals surface area contributed by atoms with Gasteiger partial charge in [-0.15, -0.1) is 0 Å².